The monoisotopic (exact) mass is 684 g/mol. The lowest BCUT2D eigenvalue weighted by molar-refractivity contribution is 0.0691. The Morgan fingerprint density at radius 2 is 1.79 bits per heavy atom. The van der Waals surface area contributed by atoms with E-state index >= 15 is 0 Å². The molecule has 0 aliphatic carbocycles. The minimum absolute atomic E-state index is 0.0878. The zero-order chi connectivity index (χ0) is 34.1. The van der Waals surface area contributed by atoms with Gasteiger partial charge in [-0.25, -0.2) is 14.2 Å². The predicted molar refractivity (Wildman–Crippen MR) is 183 cm³/mol. The van der Waals surface area contributed by atoms with Gasteiger partial charge in [0.15, 0.2) is 5.69 Å². The van der Waals surface area contributed by atoms with Gasteiger partial charge in [0.05, 0.1) is 11.6 Å². The van der Waals surface area contributed by atoms with Crippen LogP contribution in [-0.4, -0.2) is 34.5 Å². The van der Waals surface area contributed by atoms with Crippen molar-refractivity contribution in [3.63, 3.8) is 0 Å². The summed E-state index contributed by atoms with van der Waals surface area (Å²) < 4.78 is 20.5. The normalized spacial score (nSPS) is 11.9. The van der Waals surface area contributed by atoms with Gasteiger partial charge in [-0.1, -0.05) is 35.9 Å². The Hall–Kier alpha value is -5.10. The molecule has 0 spiro atoms. The number of carbonyl (C=O) groups is 3. The molecule has 12 heteroatoms. The van der Waals surface area contributed by atoms with Crippen molar-refractivity contribution in [1.29, 1.82) is 0 Å². The Balaban J connectivity index is 1.43. The third-order valence-electron chi connectivity index (χ3n) is 8.14. The Bertz CT molecular complexity index is 2090. The number of aryl methyl sites for hydroxylation is 2. The van der Waals surface area contributed by atoms with Gasteiger partial charge >= 0.3 is 5.97 Å². The minimum Gasteiger partial charge on any atom is -0.493 e. The summed E-state index contributed by atoms with van der Waals surface area (Å²) in [6.07, 6.45) is 0.668. The van der Waals surface area contributed by atoms with Crippen molar-refractivity contribution in [2.24, 2.45) is 5.73 Å². The molecule has 0 saturated carbocycles. The maximum atomic E-state index is 14.4. The van der Waals surface area contributed by atoms with E-state index in [-0.39, 0.29) is 39.5 Å². The number of amides is 2. The molecular weight excluding hydrogens is 655 g/mol. The average Bonchev–Trinajstić information content (AvgIpc) is 3.47. The summed E-state index contributed by atoms with van der Waals surface area (Å²) in [5.41, 5.74) is 10.9. The molecule has 0 atom stereocenters. The largest absolute Gasteiger partial charge is 0.493 e. The van der Waals surface area contributed by atoms with Gasteiger partial charge in [0, 0.05) is 57.9 Å². The number of hydrogen-bond donors (Lipinski definition) is 4. The molecule has 48 heavy (non-hydrogen) atoms. The smallest absolute Gasteiger partial charge is 0.355 e. The van der Waals surface area contributed by atoms with Crippen molar-refractivity contribution in [2.45, 2.75) is 33.4 Å². The van der Waals surface area contributed by atoms with Crippen molar-refractivity contribution < 1.29 is 28.6 Å². The fraction of sp³-hybridized carbons (Fsp3) is 0.167. The van der Waals surface area contributed by atoms with Gasteiger partial charge in [-0.2, -0.15) is 0 Å². The maximum absolute atomic E-state index is 14.4. The molecule has 9 nitrogen and oxygen atoms in total. The summed E-state index contributed by atoms with van der Waals surface area (Å²) in [4.78, 5) is 45.0. The molecule has 0 radical (unpaired) electrons. The summed E-state index contributed by atoms with van der Waals surface area (Å²) in [7, 11) is 0. The van der Waals surface area contributed by atoms with Crippen LogP contribution in [0.3, 0.4) is 0 Å². The predicted octanol–water partition coefficient (Wildman–Crippen LogP) is 7.16. The number of carbonyl (C=O) groups excluding carboxylic acids is 2. The third kappa shape index (κ3) is 6.40. The molecule has 1 aliphatic rings. The van der Waals surface area contributed by atoms with Crippen LogP contribution in [0.25, 0.3) is 21.6 Å². The number of halogens is 2. The number of rotatable bonds is 8. The minimum atomic E-state index is -1.41. The number of hydrogen-bond acceptors (Lipinski definition) is 7. The van der Waals surface area contributed by atoms with Crippen LogP contribution < -0.4 is 21.1 Å². The highest BCUT2D eigenvalue weighted by Crippen LogP contribution is 2.43. The molecule has 3 heterocycles. The lowest BCUT2D eigenvalue weighted by Gasteiger charge is -2.18. The van der Waals surface area contributed by atoms with E-state index in [0.29, 0.717) is 36.6 Å². The Kier molecular flexibility index (Phi) is 9.27. The number of aromatic nitrogens is 1. The summed E-state index contributed by atoms with van der Waals surface area (Å²) in [6, 6.07) is 16.4. The number of ether oxygens (including phenoxy) is 1. The molecule has 5 aromatic rings. The number of pyridine rings is 1. The molecule has 0 fully saturated rings. The first-order valence-electron chi connectivity index (χ1n) is 15.0. The zero-order valence-corrected chi connectivity index (χ0v) is 27.5. The average molecular weight is 685 g/mol. The Labute approximate surface area is 284 Å². The van der Waals surface area contributed by atoms with E-state index in [9.17, 15) is 23.9 Å². The molecule has 2 aromatic heterocycles. The van der Waals surface area contributed by atoms with Crippen LogP contribution in [0, 0.1) is 19.7 Å². The SMILES string of the molecule is Cc1cc(CN)cc(C)c1NC(=O)c1cc2c(cc1-c1ccc(C(=O)NCc3cccc(Cl)c3F)nc1C(=O)O)OCCc1ccsc1-2. The molecule has 0 bridgehead atoms. The first kappa shape index (κ1) is 32.8. The van der Waals surface area contributed by atoms with Crippen LogP contribution >= 0.6 is 22.9 Å². The summed E-state index contributed by atoms with van der Waals surface area (Å²) in [5, 5.41) is 17.8. The van der Waals surface area contributed by atoms with E-state index in [1.807, 2.05) is 37.4 Å². The molecule has 3 aromatic carbocycles. The van der Waals surface area contributed by atoms with E-state index in [4.69, 9.17) is 22.1 Å². The number of fused-ring (bicyclic) bond motifs is 3. The highest BCUT2D eigenvalue weighted by molar-refractivity contribution is 7.13. The van der Waals surface area contributed by atoms with E-state index < -0.39 is 29.3 Å². The fourth-order valence-corrected chi connectivity index (χ4v) is 6.96. The fourth-order valence-electron chi connectivity index (χ4n) is 5.79. The number of carboxylic acid groups (broad SMARTS) is 1. The first-order valence-corrected chi connectivity index (χ1v) is 16.3. The third-order valence-corrected chi connectivity index (χ3v) is 9.42. The van der Waals surface area contributed by atoms with Gasteiger partial charge in [-0.15, -0.1) is 11.3 Å². The second-order valence-electron chi connectivity index (χ2n) is 11.3. The number of thiophene rings is 1. The van der Waals surface area contributed by atoms with Gasteiger partial charge in [-0.05, 0) is 77.9 Å². The number of nitrogens with one attached hydrogen (secondary N) is 2. The summed E-state index contributed by atoms with van der Waals surface area (Å²) in [6.45, 7) is 4.30. The van der Waals surface area contributed by atoms with E-state index in [2.05, 4.69) is 15.6 Å². The Morgan fingerprint density at radius 1 is 1.02 bits per heavy atom. The molecule has 5 N–H and O–H groups in total. The molecular formula is C36H30ClFN4O5S. The second kappa shape index (κ2) is 13.6. The van der Waals surface area contributed by atoms with Gasteiger partial charge in [0.25, 0.3) is 11.8 Å². The van der Waals surface area contributed by atoms with Gasteiger partial charge in [0.2, 0.25) is 0 Å². The molecule has 0 saturated heterocycles. The second-order valence-corrected chi connectivity index (χ2v) is 12.6. The number of anilines is 1. The number of nitrogens with zero attached hydrogens (tertiary/aromatic N) is 1. The van der Waals surface area contributed by atoms with Crippen LogP contribution in [0.5, 0.6) is 5.75 Å². The highest BCUT2D eigenvalue weighted by Gasteiger charge is 2.27. The molecule has 244 valence electrons. The van der Waals surface area contributed by atoms with E-state index in [1.54, 1.807) is 18.2 Å². The van der Waals surface area contributed by atoms with Crippen molar-refractivity contribution in [3.8, 4) is 27.3 Å². The number of carboxylic acids is 1. The van der Waals surface area contributed by atoms with Crippen LogP contribution in [0.1, 0.15) is 59.2 Å². The first-order chi connectivity index (χ1) is 23.0. The van der Waals surface area contributed by atoms with E-state index in [1.165, 1.54) is 35.6 Å². The summed E-state index contributed by atoms with van der Waals surface area (Å²) in [5.74, 6) is -2.77. The van der Waals surface area contributed by atoms with Gasteiger partial charge in [-0.3, -0.25) is 9.59 Å². The van der Waals surface area contributed by atoms with Crippen molar-refractivity contribution >= 4 is 46.4 Å². The number of aromatic carboxylic acids is 1. The molecule has 2 amide bonds. The van der Waals surface area contributed by atoms with Crippen LogP contribution in [0.15, 0.2) is 66.0 Å². The lowest BCUT2D eigenvalue weighted by atomic mass is 9.93. The van der Waals surface area contributed by atoms with Crippen molar-refractivity contribution in [1.82, 2.24) is 10.3 Å². The van der Waals surface area contributed by atoms with Crippen molar-refractivity contribution in [3.05, 3.63) is 122 Å². The number of benzene rings is 3. The molecule has 6 rings (SSSR count). The highest BCUT2D eigenvalue weighted by atomic mass is 35.5. The van der Waals surface area contributed by atoms with Gasteiger partial charge in [0.1, 0.15) is 17.3 Å². The zero-order valence-electron chi connectivity index (χ0n) is 25.9. The quantitative estimate of drug-likeness (QED) is 0.136. The van der Waals surface area contributed by atoms with E-state index in [0.717, 1.165) is 27.1 Å². The standard InChI is InChI=1S/C36H30ClFN4O5S/c1-18-12-20(16-39)13-19(2)31(18)42-34(43)25-14-26-29(47-10-8-21-9-11-48-33(21)26)15-24(25)23-6-7-28(41-32(23)36(45)46)35(44)40-17-22-4-3-5-27(37)30(22)38/h3-7,9,11-15H,8,10,16-17,39H2,1-2H3,(H,40,44)(H,42,43)(H,45,46). The molecule has 0 unspecified atom stereocenters. The van der Waals surface area contributed by atoms with Crippen LogP contribution in [0.4, 0.5) is 10.1 Å². The Morgan fingerprint density at radius 3 is 2.52 bits per heavy atom. The number of nitrogens with two attached hydrogens (primary N) is 1. The van der Waals surface area contributed by atoms with Gasteiger partial charge < -0.3 is 26.2 Å². The van der Waals surface area contributed by atoms with Crippen LogP contribution in [0.2, 0.25) is 5.02 Å². The molecule has 1 aliphatic heterocycles. The lowest BCUT2D eigenvalue weighted by Crippen LogP contribution is -2.25. The maximum Gasteiger partial charge on any atom is 0.355 e. The summed E-state index contributed by atoms with van der Waals surface area (Å²) >= 11 is 7.38. The topological polar surface area (TPSA) is 144 Å². The van der Waals surface area contributed by atoms with Crippen LogP contribution in [-0.2, 0) is 19.5 Å². The van der Waals surface area contributed by atoms with Crippen molar-refractivity contribution in [2.75, 3.05) is 11.9 Å².